The summed E-state index contributed by atoms with van der Waals surface area (Å²) in [6.45, 7) is 4.69. The molecule has 7 heteroatoms. The molecular formula is C13H19F2N3O2. The highest BCUT2D eigenvalue weighted by atomic mass is 19.1. The van der Waals surface area contributed by atoms with Crippen molar-refractivity contribution in [3.05, 3.63) is 17.7 Å². The van der Waals surface area contributed by atoms with Gasteiger partial charge in [0.15, 0.2) is 23.3 Å². The number of ether oxygens (including phenoxy) is 1. The summed E-state index contributed by atoms with van der Waals surface area (Å²) >= 11 is 0. The highest BCUT2D eigenvalue weighted by Gasteiger charge is 2.11. The summed E-state index contributed by atoms with van der Waals surface area (Å²) in [5.74, 6) is -1.83. The second kappa shape index (κ2) is 8.29. The monoisotopic (exact) mass is 287 g/mol. The normalized spacial score (nSPS) is 10.2. The average Bonchev–Trinajstić information content (AvgIpc) is 2.40. The zero-order valence-electron chi connectivity index (χ0n) is 11.6. The summed E-state index contributed by atoms with van der Waals surface area (Å²) in [4.78, 5) is 14.9. The van der Waals surface area contributed by atoms with Crippen molar-refractivity contribution in [3.63, 3.8) is 0 Å². The van der Waals surface area contributed by atoms with Crippen LogP contribution in [-0.2, 0) is 9.53 Å². The number of rotatable bonds is 8. The maximum absolute atomic E-state index is 13.5. The fourth-order valence-corrected chi connectivity index (χ4v) is 1.55. The summed E-state index contributed by atoms with van der Waals surface area (Å²) in [5, 5.41) is 5.44. The largest absolute Gasteiger partial charge is 0.466 e. The van der Waals surface area contributed by atoms with E-state index in [4.69, 9.17) is 4.74 Å². The zero-order valence-corrected chi connectivity index (χ0v) is 11.6. The van der Waals surface area contributed by atoms with Crippen LogP contribution in [0.3, 0.4) is 0 Å². The van der Waals surface area contributed by atoms with Gasteiger partial charge in [-0.05, 0) is 20.3 Å². The van der Waals surface area contributed by atoms with Crippen molar-refractivity contribution in [2.24, 2.45) is 0 Å². The van der Waals surface area contributed by atoms with E-state index in [1.165, 1.54) is 0 Å². The van der Waals surface area contributed by atoms with E-state index in [2.05, 4.69) is 15.6 Å². The zero-order chi connectivity index (χ0) is 15.0. The molecular weight excluding hydrogens is 268 g/mol. The highest BCUT2D eigenvalue weighted by Crippen LogP contribution is 2.18. The smallest absolute Gasteiger partial charge is 0.305 e. The van der Waals surface area contributed by atoms with Crippen LogP contribution in [0.4, 0.5) is 20.4 Å². The summed E-state index contributed by atoms with van der Waals surface area (Å²) in [5.41, 5.74) is 0. The molecule has 2 N–H and O–H groups in total. The number of esters is 1. The van der Waals surface area contributed by atoms with Crippen LogP contribution in [0, 0.1) is 11.6 Å². The standard InChI is InChI=1S/C13H19F2N3O2/c1-3-16-12-9(14)8-10(15)13(18-12)17-7-5-6-11(19)20-4-2/h8H,3-7H2,1-2H3,(H2,16,17,18). The minimum absolute atomic E-state index is 0.00166. The SMILES string of the molecule is CCNc1nc(NCCCC(=O)OCC)c(F)cc1F. The highest BCUT2D eigenvalue weighted by molar-refractivity contribution is 5.69. The average molecular weight is 287 g/mol. The van der Waals surface area contributed by atoms with Crippen LogP contribution in [0.25, 0.3) is 0 Å². The van der Waals surface area contributed by atoms with E-state index < -0.39 is 11.6 Å². The molecule has 0 saturated heterocycles. The molecule has 0 unspecified atom stereocenters. The maximum Gasteiger partial charge on any atom is 0.305 e. The van der Waals surface area contributed by atoms with Crippen LogP contribution in [0.1, 0.15) is 26.7 Å². The summed E-state index contributed by atoms with van der Waals surface area (Å²) < 4.78 is 31.6. The van der Waals surface area contributed by atoms with Gasteiger partial charge in [0.25, 0.3) is 0 Å². The van der Waals surface area contributed by atoms with Crippen LogP contribution >= 0.6 is 0 Å². The Morgan fingerprint density at radius 2 is 1.90 bits per heavy atom. The number of hydrogen-bond donors (Lipinski definition) is 2. The first-order valence-corrected chi connectivity index (χ1v) is 6.57. The molecule has 1 heterocycles. The number of anilines is 2. The second-order valence-corrected chi connectivity index (χ2v) is 4.01. The van der Waals surface area contributed by atoms with E-state index in [1.807, 2.05) is 0 Å². The lowest BCUT2D eigenvalue weighted by Crippen LogP contribution is -2.11. The van der Waals surface area contributed by atoms with Crippen molar-refractivity contribution in [2.75, 3.05) is 30.3 Å². The maximum atomic E-state index is 13.5. The molecule has 1 aromatic rings. The lowest BCUT2D eigenvalue weighted by atomic mass is 10.3. The number of carbonyl (C=O) groups excluding carboxylic acids is 1. The number of nitrogens with one attached hydrogen (secondary N) is 2. The molecule has 20 heavy (non-hydrogen) atoms. The first-order valence-electron chi connectivity index (χ1n) is 6.57. The van der Waals surface area contributed by atoms with Gasteiger partial charge in [0.1, 0.15) is 0 Å². The van der Waals surface area contributed by atoms with Crippen LogP contribution in [0.2, 0.25) is 0 Å². The predicted octanol–water partition coefficient (Wildman–Crippen LogP) is 2.55. The Kier molecular flexibility index (Phi) is 6.69. The van der Waals surface area contributed by atoms with E-state index in [-0.39, 0.29) is 24.0 Å². The van der Waals surface area contributed by atoms with Gasteiger partial charge >= 0.3 is 5.97 Å². The van der Waals surface area contributed by atoms with Gasteiger partial charge in [-0.1, -0.05) is 0 Å². The summed E-state index contributed by atoms with van der Waals surface area (Å²) in [6.07, 6.45) is 0.720. The first kappa shape index (κ1) is 16.1. The Bertz CT molecular complexity index is 455. The minimum Gasteiger partial charge on any atom is -0.466 e. The van der Waals surface area contributed by atoms with E-state index >= 15 is 0 Å². The van der Waals surface area contributed by atoms with Crippen molar-refractivity contribution < 1.29 is 18.3 Å². The molecule has 1 rings (SSSR count). The lowest BCUT2D eigenvalue weighted by Gasteiger charge is -2.10. The topological polar surface area (TPSA) is 63.2 Å². The Morgan fingerprint density at radius 3 is 2.50 bits per heavy atom. The molecule has 0 aliphatic heterocycles. The quantitative estimate of drug-likeness (QED) is 0.568. The number of hydrogen-bond acceptors (Lipinski definition) is 5. The van der Waals surface area contributed by atoms with Crippen LogP contribution < -0.4 is 10.6 Å². The van der Waals surface area contributed by atoms with Gasteiger partial charge in [0.05, 0.1) is 6.61 Å². The van der Waals surface area contributed by atoms with Crippen LogP contribution in [0.5, 0.6) is 0 Å². The Morgan fingerprint density at radius 1 is 1.25 bits per heavy atom. The van der Waals surface area contributed by atoms with E-state index in [9.17, 15) is 13.6 Å². The molecule has 0 amide bonds. The number of nitrogens with zero attached hydrogens (tertiary/aromatic N) is 1. The Labute approximate surface area is 116 Å². The van der Waals surface area contributed by atoms with E-state index in [1.54, 1.807) is 13.8 Å². The van der Waals surface area contributed by atoms with Crippen LogP contribution in [-0.4, -0.2) is 30.6 Å². The number of pyridine rings is 1. The Hall–Kier alpha value is -1.92. The van der Waals surface area contributed by atoms with Crippen molar-refractivity contribution in [3.8, 4) is 0 Å². The second-order valence-electron chi connectivity index (χ2n) is 4.01. The van der Waals surface area contributed by atoms with Crippen molar-refractivity contribution in [1.29, 1.82) is 0 Å². The fourth-order valence-electron chi connectivity index (χ4n) is 1.55. The van der Waals surface area contributed by atoms with Gasteiger partial charge in [-0.15, -0.1) is 0 Å². The van der Waals surface area contributed by atoms with Gasteiger partial charge in [-0.2, -0.15) is 0 Å². The third kappa shape index (κ3) is 4.99. The van der Waals surface area contributed by atoms with Gasteiger partial charge < -0.3 is 15.4 Å². The third-order valence-corrected chi connectivity index (χ3v) is 2.43. The van der Waals surface area contributed by atoms with Gasteiger partial charge in [0, 0.05) is 25.6 Å². The molecule has 0 spiro atoms. The molecule has 0 aliphatic carbocycles. The van der Waals surface area contributed by atoms with Crippen molar-refractivity contribution >= 4 is 17.6 Å². The summed E-state index contributed by atoms with van der Waals surface area (Å²) in [6, 6.07) is 0.776. The summed E-state index contributed by atoms with van der Waals surface area (Å²) in [7, 11) is 0. The number of aromatic nitrogens is 1. The Balaban J connectivity index is 2.51. The predicted molar refractivity (Wildman–Crippen MR) is 72.7 cm³/mol. The van der Waals surface area contributed by atoms with Gasteiger partial charge in [-0.25, -0.2) is 13.8 Å². The molecule has 0 aliphatic rings. The first-order chi connectivity index (χ1) is 9.58. The molecule has 1 aromatic heterocycles. The van der Waals surface area contributed by atoms with E-state index in [0.717, 1.165) is 6.07 Å². The molecule has 0 aromatic carbocycles. The molecule has 0 bridgehead atoms. The molecule has 0 radical (unpaired) electrons. The molecule has 0 fully saturated rings. The fraction of sp³-hybridized carbons (Fsp3) is 0.538. The van der Waals surface area contributed by atoms with E-state index in [0.29, 0.717) is 26.1 Å². The van der Waals surface area contributed by atoms with Gasteiger partial charge in [-0.3, -0.25) is 4.79 Å². The molecule has 5 nitrogen and oxygen atoms in total. The minimum atomic E-state index is -0.764. The van der Waals surface area contributed by atoms with Crippen molar-refractivity contribution in [1.82, 2.24) is 4.98 Å². The lowest BCUT2D eigenvalue weighted by molar-refractivity contribution is -0.143. The molecule has 0 atom stereocenters. The van der Waals surface area contributed by atoms with Crippen LogP contribution in [0.15, 0.2) is 6.07 Å². The third-order valence-electron chi connectivity index (χ3n) is 2.43. The number of carbonyl (C=O) groups is 1. The van der Waals surface area contributed by atoms with Gasteiger partial charge in [0.2, 0.25) is 0 Å². The number of halogens is 2. The molecule has 0 saturated carbocycles. The molecule has 112 valence electrons. The van der Waals surface area contributed by atoms with Crippen molar-refractivity contribution in [2.45, 2.75) is 26.7 Å².